The molecule has 0 saturated carbocycles. The molecule has 3 rings (SSSR count). The van der Waals surface area contributed by atoms with Crippen LogP contribution in [-0.4, -0.2) is 10.9 Å². The van der Waals surface area contributed by atoms with Crippen molar-refractivity contribution in [1.29, 1.82) is 0 Å². The van der Waals surface area contributed by atoms with Gasteiger partial charge in [-0.15, -0.1) is 11.3 Å². The number of hydrogen-bond donors (Lipinski definition) is 1. The molecular weight excluding hydrogens is 387 g/mol. The fourth-order valence-corrected chi connectivity index (χ4v) is 3.08. The Morgan fingerprint density at radius 3 is 2.63 bits per heavy atom. The third kappa shape index (κ3) is 4.68. The highest BCUT2D eigenvalue weighted by molar-refractivity contribution is 7.14. The van der Waals surface area contributed by atoms with Crippen molar-refractivity contribution in [1.82, 2.24) is 4.98 Å². The highest BCUT2D eigenvalue weighted by Gasteiger charge is 2.30. The zero-order chi connectivity index (χ0) is 19.6. The molecule has 3 nitrogen and oxygen atoms in total. The quantitative estimate of drug-likeness (QED) is 0.607. The lowest BCUT2D eigenvalue weighted by Crippen LogP contribution is -2.15. The van der Waals surface area contributed by atoms with Crippen LogP contribution in [0, 0.1) is 11.6 Å². The lowest BCUT2D eigenvalue weighted by molar-refractivity contribution is -0.137. The molecule has 0 atom stereocenters. The first-order valence-electron chi connectivity index (χ1n) is 7.59. The maximum atomic E-state index is 13.8. The van der Waals surface area contributed by atoms with E-state index in [0.717, 1.165) is 41.7 Å². The van der Waals surface area contributed by atoms with Gasteiger partial charge < -0.3 is 5.32 Å². The number of nitrogens with one attached hydrogen (secondary N) is 1. The number of carbonyl (C=O) groups excluding carboxylic acids is 1. The van der Waals surface area contributed by atoms with Crippen molar-refractivity contribution in [2.24, 2.45) is 0 Å². The number of thiazole rings is 1. The molecule has 27 heavy (non-hydrogen) atoms. The second-order valence-corrected chi connectivity index (χ2v) is 6.44. The average Bonchev–Trinajstić information content (AvgIpc) is 3.04. The smallest absolute Gasteiger partial charge is 0.302 e. The maximum Gasteiger partial charge on any atom is 0.416 e. The van der Waals surface area contributed by atoms with Crippen molar-refractivity contribution in [3.8, 4) is 11.3 Å². The summed E-state index contributed by atoms with van der Waals surface area (Å²) in [5, 5.41) is 4.02. The van der Waals surface area contributed by atoms with Gasteiger partial charge >= 0.3 is 6.18 Å². The van der Waals surface area contributed by atoms with E-state index in [0.29, 0.717) is 0 Å². The molecule has 0 aliphatic rings. The van der Waals surface area contributed by atoms with Gasteiger partial charge in [-0.2, -0.15) is 13.2 Å². The maximum absolute atomic E-state index is 13.8. The van der Waals surface area contributed by atoms with Crippen LogP contribution in [-0.2, 0) is 17.4 Å². The summed E-state index contributed by atoms with van der Waals surface area (Å²) < 4.78 is 65.2. The molecule has 9 heteroatoms. The number of nitrogens with zero attached hydrogens (tertiary/aromatic N) is 1. The molecule has 0 aliphatic carbocycles. The van der Waals surface area contributed by atoms with Gasteiger partial charge in [0.25, 0.3) is 0 Å². The number of benzene rings is 2. The monoisotopic (exact) mass is 398 g/mol. The molecule has 0 fully saturated rings. The Balaban J connectivity index is 1.71. The van der Waals surface area contributed by atoms with Crippen molar-refractivity contribution in [3.05, 3.63) is 70.6 Å². The minimum absolute atomic E-state index is 0.0513. The first kappa shape index (κ1) is 19.0. The van der Waals surface area contributed by atoms with Crippen LogP contribution in [0.3, 0.4) is 0 Å². The van der Waals surface area contributed by atoms with Crippen molar-refractivity contribution < 1.29 is 26.7 Å². The zero-order valence-electron chi connectivity index (χ0n) is 13.5. The van der Waals surface area contributed by atoms with E-state index in [2.05, 4.69) is 10.3 Å². The molecule has 1 amide bonds. The normalized spacial score (nSPS) is 11.4. The van der Waals surface area contributed by atoms with Crippen LogP contribution in [0.25, 0.3) is 11.3 Å². The predicted octanol–water partition coefficient (Wildman–Crippen LogP) is 5.29. The minimum atomic E-state index is -4.49. The van der Waals surface area contributed by atoms with Crippen molar-refractivity contribution in [3.63, 3.8) is 0 Å². The topological polar surface area (TPSA) is 42.0 Å². The van der Waals surface area contributed by atoms with Gasteiger partial charge in [-0.05, 0) is 29.8 Å². The second-order valence-electron chi connectivity index (χ2n) is 5.59. The standard InChI is InChI=1S/C18H11F5N2OS/c19-12-4-5-14(20)13(8-12)15-9-27-17(24-15)25-16(26)7-10-2-1-3-11(6-10)18(21,22)23/h1-6,8-9H,7H2,(H,24,25,26). The minimum Gasteiger partial charge on any atom is -0.302 e. The van der Waals surface area contributed by atoms with Gasteiger partial charge in [0.1, 0.15) is 11.6 Å². The summed E-state index contributed by atoms with van der Waals surface area (Å²) in [4.78, 5) is 16.1. The highest BCUT2D eigenvalue weighted by Crippen LogP contribution is 2.30. The van der Waals surface area contributed by atoms with Gasteiger partial charge in [-0.25, -0.2) is 13.8 Å². The number of aromatic nitrogens is 1. The average molecular weight is 398 g/mol. The Bertz CT molecular complexity index is 984. The summed E-state index contributed by atoms with van der Waals surface area (Å²) in [6.07, 6.45) is -4.78. The van der Waals surface area contributed by atoms with E-state index in [1.54, 1.807) is 0 Å². The number of anilines is 1. The molecule has 0 unspecified atom stereocenters. The van der Waals surface area contributed by atoms with E-state index in [9.17, 15) is 26.7 Å². The van der Waals surface area contributed by atoms with E-state index in [1.807, 2.05) is 0 Å². The number of halogens is 5. The molecule has 0 spiro atoms. The Hall–Kier alpha value is -2.81. The van der Waals surface area contributed by atoms with Gasteiger partial charge in [-0.3, -0.25) is 4.79 Å². The lowest BCUT2D eigenvalue weighted by Gasteiger charge is -2.08. The lowest BCUT2D eigenvalue weighted by atomic mass is 10.1. The van der Waals surface area contributed by atoms with Crippen LogP contribution >= 0.6 is 11.3 Å². The summed E-state index contributed by atoms with van der Waals surface area (Å²) >= 11 is 0.993. The fraction of sp³-hybridized carbons (Fsp3) is 0.111. The highest BCUT2D eigenvalue weighted by atomic mass is 32.1. The van der Waals surface area contributed by atoms with Crippen LogP contribution in [0.4, 0.5) is 27.1 Å². The van der Waals surface area contributed by atoms with Gasteiger partial charge in [0, 0.05) is 10.9 Å². The molecule has 0 aliphatic heterocycles. The molecular formula is C18H11F5N2OS. The summed E-state index contributed by atoms with van der Waals surface area (Å²) in [6.45, 7) is 0. The van der Waals surface area contributed by atoms with Crippen LogP contribution in [0.5, 0.6) is 0 Å². The number of carbonyl (C=O) groups is 1. The number of alkyl halides is 3. The van der Waals surface area contributed by atoms with Crippen molar-refractivity contribution >= 4 is 22.4 Å². The van der Waals surface area contributed by atoms with Crippen LogP contribution in [0.15, 0.2) is 47.8 Å². The van der Waals surface area contributed by atoms with Gasteiger partial charge in [0.2, 0.25) is 5.91 Å². The molecule has 0 saturated heterocycles. The third-order valence-electron chi connectivity index (χ3n) is 3.57. The van der Waals surface area contributed by atoms with Gasteiger partial charge in [-0.1, -0.05) is 18.2 Å². The second kappa shape index (κ2) is 7.43. The Morgan fingerprint density at radius 2 is 1.89 bits per heavy atom. The van der Waals surface area contributed by atoms with Crippen molar-refractivity contribution in [2.75, 3.05) is 5.32 Å². The number of rotatable bonds is 4. The van der Waals surface area contributed by atoms with E-state index in [1.165, 1.54) is 17.5 Å². The molecule has 1 heterocycles. The molecule has 3 aromatic rings. The molecule has 0 bridgehead atoms. The zero-order valence-corrected chi connectivity index (χ0v) is 14.3. The molecule has 1 aromatic heterocycles. The first-order chi connectivity index (χ1) is 12.7. The number of amides is 1. The van der Waals surface area contributed by atoms with E-state index in [-0.39, 0.29) is 28.4 Å². The van der Waals surface area contributed by atoms with Crippen molar-refractivity contribution in [2.45, 2.75) is 12.6 Å². The number of hydrogen-bond acceptors (Lipinski definition) is 3. The summed E-state index contributed by atoms with van der Waals surface area (Å²) in [5.74, 6) is -1.87. The van der Waals surface area contributed by atoms with E-state index in [4.69, 9.17) is 0 Å². The molecule has 0 radical (unpaired) electrons. The fourth-order valence-electron chi connectivity index (χ4n) is 2.36. The molecule has 1 N–H and O–H groups in total. The largest absolute Gasteiger partial charge is 0.416 e. The van der Waals surface area contributed by atoms with Crippen LogP contribution < -0.4 is 5.32 Å². The van der Waals surface area contributed by atoms with Gasteiger partial charge in [0.15, 0.2) is 5.13 Å². The van der Waals surface area contributed by atoms with E-state index >= 15 is 0 Å². The molecule has 2 aromatic carbocycles. The Kier molecular flexibility index (Phi) is 5.22. The molecule has 140 valence electrons. The SMILES string of the molecule is O=C(Cc1cccc(C(F)(F)F)c1)Nc1nc(-c2cc(F)ccc2F)cs1. The van der Waals surface area contributed by atoms with E-state index < -0.39 is 29.3 Å². The summed E-state index contributed by atoms with van der Waals surface area (Å²) in [6, 6.07) is 7.37. The first-order valence-corrected chi connectivity index (χ1v) is 8.47. The summed E-state index contributed by atoms with van der Waals surface area (Å²) in [7, 11) is 0. The van der Waals surface area contributed by atoms with Crippen LogP contribution in [0.1, 0.15) is 11.1 Å². The third-order valence-corrected chi connectivity index (χ3v) is 4.33. The van der Waals surface area contributed by atoms with Gasteiger partial charge in [0.05, 0.1) is 17.7 Å². The van der Waals surface area contributed by atoms with Crippen LogP contribution in [0.2, 0.25) is 0 Å². The predicted molar refractivity (Wildman–Crippen MR) is 91.2 cm³/mol. The summed E-state index contributed by atoms with van der Waals surface area (Å²) in [5.41, 5.74) is -0.558. The Morgan fingerprint density at radius 1 is 1.11 bits per heavy atom. The Labute approximate surface area is 154 Å².